The summed E-state index contributed by atoms with van der Waals surface area (Å²) >= 11 is 0. The van der Waals surface area contributed by atoms with Crippen LogP contribution in [-0.4, -0.2) is 40.8 Å². The lowest BCUT2D eigenvalue weighted by molar-refractivity contribution is -0.121. The van der Waals surface area contributed by atoms with Crippen molar-refractivity contribution < 1.29 is 4.79 Å². The van der Waals surface area contributed by atoms with Gasteiger partial charge in [0.1, 0.15) is 0 Å². The molecule has 0 unspecified atom stereocenters. The van der Waals surface area contributed by atoms with Gasteiger partial charge in [0.25, 0.3) is 0 Å². The molecule has 3 N–H and O–H groups in total. The average molecular weight is 490 g/mol. The Bertz CT molecular complexity index is 622. The number of aliphatic imine (C=N–C) groups is 1. The second-order valence-corrected chi connectivity index (χ2v) is 7.05. The molecule has 7 nitrogen and oxygen atoms in total. The van der Waals surface area contributed by atoms with E-state index in [1.54, 1.807) is 0 Å². The number of halogens is 1. The van der Waals surface area contributed by atoms with E-state index in [-0.39, 0.29) is 29.9 Å². The quantitative estimate of drug-likeness (QED) is 0.312. The zero-order valence-electron chi connectivity index (χ0n) is 17.1. The van der Waals surface area contributed by atoms with Crippen molar-refractivity contribution in [2.75, 3.05) is 13.1 Å². The maximum Gasteiger partial charge on any atom is 0.221 e. The van der Waals surface area contributed by atoms with Gasteiger partial charge in [-0.15, -0.1) is 24.0 Å². The number of nitrogens with zero attached hydrogens (tertiary/aromatic N) is 3. The summed E-state index contributed by atoms with van der Waals surface area (Å²) < 4.78 is 1.89. The van der Waals surface area contributed by atoms with Crippen LogP contribution in [0.25, 0.3) is 0 Å². The highest BCUT2D eigenvalue weighted by Gasteiger charge is 2.15. The molecule has 154 valence electrons. The summed E-state index contributed by atoms with van der Waals surface area (Å²) in [5.41, 5.74) is 3.30. The van der Waals surface area contributed by atoms with Gasteiger partial charge in [-0.1, -0.05) is 19.3 Å². The first-order valence-corrected chi connectivity index (χ1v) is 9.81. The second-order valence-electron chi connectivity index (χ2n) is 7.05. The molecule has 0 aromatic carbocycles. The third-order valence-corrected chi connectivity index (χ3v) is 5.01. The SMILES string of the molecule is CCNC(=NCc1c(C)nn(C)c1C)NCCC(=O)NC1CCCCC1.I. The zero-order chi connectivity index (χ0) is 18.9. The fourth-order valence-corrected chi connectivity index (χ4v) is 3.39. The molecule has 0 bridgehead atoms. The van der Waals surface area contributed by atoms with Gasteiger partial charge in [0.05, 0.1) is 12.2 Å². The topological polar surface area (TPSA) is 83.3 Å². The van der Waals surface area contributed by atoms with Crippen LogP contribution in [0, 0.1) is 13.8 Å². The number of carbonyl (C=O) groups excluding carboxylic acids is 1. The standard InChI is InChI=1S/C19H34N6O.HI/c1-5-20-19(22-13-17-14(2)24-25(4)15(17)3)21-12-11-18(26)23-16-9-7-6-8-10-16;/h16H,5-13H2,1-4H3,(H,23,26)(H2,20,21,22);1H. The molecule has 0 spiro atoms. The van der Waals surface area contributed by atoms with Crippen molar-refractivity contribution in [2.24, 2.45) is 12.0 Å². The van der Waals surface area contributed by atoms with E-state index in [0.717, 1.165) is 42.3 Å². The van der Waals surface area contributed by atoms with Gasteiger partial charge in [-0.05, 0) is 33.6 Å². The van der Waals surface area contributed by atoms with Crippen LogP contribution in [0.4, 0.5) is 0 Å². The molecular weight excluding hydrogens is 455 g/mol. The van der Waals surface area contributed by atoms with E-state index in [9.17, 15) is 4.79 Å². The Kier molecular flexibility index (Phi) is 10.7. The van der Waals surface area contributed by atoms with E-state index in [1.165, 1.54) is 19.3 Å². The second kappa shape index (κ2) is 12.2. The minimum absolute atomic E-state index is 0. The normalized spacial score (nSPS) is 15.2. The molecule has 0 saturated heterocycles. The summed E-state index contributed by atoms with van der Waals surface area (Å²) in [7, 11) is 1.95. The third-order valence-electron chi connectivity index (χ3n) is 5.01. The molecule has 1 aromatic rings. The molecule has 1 aliphatic rings. The summed E-state index contributed by atoms with van der Waals surface area (Å²) in [5, 5.41) is 14.1. The number of amides is 1. The first-order chi connectivity index (χ1) is 12.5. The van der Waals surface area contributed by atoms with Gasteiger partial charge in [-0.3, -0.25) is 9.48 Å². The molecule has 0 aliphatic heterocycles. The van der Waals surface area contributed by atoms with E-state index >= 15 is 0 Å². The minimum Gasteiger partial charge on any atom is -0.357 e. The summed E-state index contributed by atoms with van der Waals surface area (Å²) in [6.07, 6.45) is 6.46. The Morgan fingerprint density at radius 3 is 2.52 bits per heavy atom. The van der Waals surface area contributed by atoms with Crippen molar-refractivity contribution in [2.45, 2.75) is 71.9 Å². The van der Waals surface area contributed by atoms with Gasteiger partial charge in [0, 0.05) is 43.9 Å². The van der Waals surface area contributed by atoms with Gasteiger partial charge in [0.2, 0.25) is 5.91 Å². The van der Waals surface area contributed by atoms with Gasteiger partial charge < -0.3 is 16.0 Å². The molecule has 0 atom stereocenters. The molecule has 2 rings (SSSR count). The van der Waals surface area contributed by atoms with Crippen molar-refractivity contribution in [1.82, 2.24) is 25.7 Å². The van der Waals surface area contributed by atoms with Crippen LogP contribution in [0.5, 0.6) is 0 Å². The lowest BCUT2D eigenvalue weighted by Crippen LogP contribution is -2.41. The van der Waals surface area contributed by atoms with Crippen molar-refractivity contribution in [1.29, 1.82) is 0 Å². The zero-order valence-corrected chi connectivity index (χ0v) is 19.4. The molecule has 1 aliphatic carbocycles. The third kappa shape index (κ3) is 7.67. The number of guanidine groups is 1. The molecular formula is C19H35IN6O. The summed E-state index contributed by atoms with van der Waals surface area (Å²) in [6.45, 7) is 8.04. The predicted octanol–water partition coefficient (Wildman–Crippen LogP) is 2.55. The van der Waals surface area contributed by atoms with Crippen LogP contribution in [0.15, 0.2) is 4.99 Å². The lowest BCUT2D eigenvalue weighted by Gasteiger charge is -2.22. The van der Waals surface area contributed by atoms with Crippen molar-refractivity contribution in [3.8, 4) is 0 Å². The average Bonchev–Trinajstić information content (AvgIpc) is 2.86. The van der Waals surface area contributed by atoms with E-state index in [0.29, 0.717) is 25.6 Å². The Morgan fingerprint density at radius 2 is 1.93 bits per heavy atom. The van der Waals surface area contributed by atoms with Crippen LogP contribution in [-0.2, 0) is 18.4 Å². The first kappa shape index (κ1) is 23.7. The number of rotatable bonds is 7. The number of aryl methyl sites for hydroxylation is 2. The van der Waals surface area contributed by atoms with Crippen LogP contribution in [0.2, 0.25) is 0 Å². The summed E-state index contributed by atoms with van der Waals surface area (Å²) in [4.78, 5) is 16.7. The molecule has 1 aromatic heterocycles. The molecule has 0 radical (unpaired) electrons. The smallest absolute Gasteiger partial charge is 0.221 e. The van der Waals surface area contributed by atoms with Crippen LogP contribution in [0.3, 0.4) is 0 Å². The molecule has 1 fully saturated rings. The number of carbonyl (C=O) groups is 1. The van der Waals surface area contributed by atoms with E-state index < -0.39 is 0 Å². The fraction of sp³-hybridized carbons (Fsp3) is 0.737. The van der Waals surface area contributed by atoms with E-state index in [1.807, 2.05) is 25.6 Å². The van der Waals surface area contributed by atoms with Gasteiger partial charge in [-0.2, -0.15) is 5.10 Å². The minimum atomic E-state index is 0. The lowest BCUT2D eigenvalue weighted by atomic mass is 9.95. The van der Waals surface area contributed by atoms with Crippen molar-refractivity contribution in [3.05, 3.63) is 17.0 Å². The number of hydrogen-bond donors (Lipinski definition) is 3. The van der Waals surface area contributed by atoms with Crippen LogP contribution < -0.4 is 16.0 Å². The van der Waals surface area contributed by atoms with E-state index in [4.69, 9.17) is 0 Å². The van der Waals surface area contributed by atoms with Gasteiger partial charge in [-0.25, -0.2) is 4.99 Å². The molecule has 1 amide bonds. The van der Waals surface area contributed by atoms with Crippen molar-refractivity contribution >= 4 is 35.8 Å². The van der Waals surface area contributed by atoms with Crippen LogP contribution >= 0.6 is 24.0 Å². The van der Waals surface area contributed by atoms with E-state index in [2.05, 4.69) is 33.0 Å². The first-order valence-electron chi connectivity index (χ1n) is 9.81. The number of nitrogens with one attached hydrogen (secondary N) is 3. The molecule has 1 saturated carbocycles. The van der Waals surface area contributed by atoms with Gasteiger partial charge >= 0.3 is 0 Å². The van der Waals surface area contributed by atoms with Crippen molar-refractivity contribution in [3.63, 3.8) is 0 Å². The Morgan fingerprint density at radius 1 is 1.22 bits per heavy atom. The summed E-state index contributed by atoms with van der Waals surface area (Å²) in [6, 6.07) is 0.370. The van der Waals surface area contributed by atoms with Gasteiger partial charge in [0.15, 0.2) is 5.96 Å². The predicted molar refractivity (Wildman–Crippen MR) is 121 cm³/mol. The molecule has 1 heterocycles. The Hall–Kier alpha value is -1.32. The maximum absolute atomic E-state index is 12.1. The fourth-order valence-electron chi connectivity index (χ4n) is 3.39. The highest BCUT2D eigenvalue weighted by atomic mass is 127. The Labute approximate surface area is 180 Å². The maximum atomic E-state index is 12.1. The molecule has 8 heteroatoms. The monoisotopic (exact) mass is 490 g/mol. The largest absolute Gasteiger partial charge is 0.357 e. The number of hydrogen-bond acceptors (Lipinski definition) is 3. The highest BCUT2D eigenvalue weighted by Crippen LogP contribution is 2.17. The van der Waals surface area contributed by atoms with Crippen LogP contribution in [0.1, 0.15) is 62.4 Å². The highest BCUT2D eigenvalue weighted by molar-refractivity contribution is 14.0. The Balaban J connectivity index is 0.00000364. The molecule has 27 heavy (non-hydrogen) atoms. The number of aromatic nitrogens is 2. The summed E-state index contributed by atoms with van der Waals surface area (Å²) in [5.74, 6) is 0.861.